The molecular weight excluding hydrogens is 672 g/mol. The summed E-state index contributed by atoms with van der Waals surface area (Å²) in [7, 11) is 0. The normalized spacial score (nSPS) is 17.5. The molecule has 0 saturated heterocycles. The number of ether oxygens (including phenoxy) is 5. The van der Waals surface area contributed by atoms with Crippen molar-refractivity contribution in [2.24, 2.45) is 5.73 Å². The van der Waals surface area contributed by atoms with Crippen molar-refractivity contribution in [1.29, 1.82) is 0 Å². The molecule has 0 saturated carbocycles. The van der Waals surface area contributed by atoms with Crippen LogP contribution in [0.25, 0.3) is 0 Å². The molecule has 0 aliphatic carbocycles. The quantitative estimate of drug-likeness (QED) is 0.158. The monoisotopic (exact) mass is 729 g/mol. The second-order valence-electron chi connectivity index (χ2n) is 14.4. The van der Waals surface area contributed by atoms with Gasteiger partial charge < -0.3 is 45.2 Å². The van der Waals surface area contributed by atoms with E-state index in [-0.39, 0.29) is 44.7 Å². The number of rotatable bonds is 11. The van der Waals surface area contributed by atoms with Crippen molar-refractivity contribution in [2.45, 2.75) is 117 Å². The lowest BCUT2D eigenvalue weighted by molar-refractivity contribution is 0.0418. The average Bonchev–Trinajstić information content (AvgIpc) is 3.02. The van der Waals surface area contributed by atoms with Crippen LogP contribution in [0.5, 0.6) is 23.0 Å². The molecule has 52 heavy (non-hydrogen) atoms. The maximum atomic E-state index is 13.8. The molecular formula is C40H57F2N3O7. The van der Waals surface area contributed by atoms with E-state index in [4.69, 9.17) is 29.4 Å². The summed E-state index contributed by atoms with van der Waals surface area (Å²) in [6, 6.07) is 13.7. The van der Waals surface area contributed by atoms with Crippen molar-refractivity contribution in [3.05, 3.63) is 82.9 Å². The number of hydrogen-bond acceptors (Lipinski definition) is 9. The van der Waals surface area contributed by atoms with Crippen LogP contribution in [0.15, 0.2) is 54.6 Å². The summed E-state index contributed by atoms with van der Waals surface area (Å²) in [5.74, 6) is 1.76. The van der Waals surface area contributed by atoms with Gasteiger partial charge in [-0.3, -0.25) is 0 Å². The first-order valence-corrected chi connectivity index (χ1v) is 17.5. The van der Waals surface area contributed by atoms with Gasteiger partial charge in [0.05, 0.1) is 37.6 Å². The van der Waals surface area contributed by atoms with Crippen molar-refractivity contribution in [2.75, 3.05) is 19.8 Å². The molecule has 0 aromatic heterocycles. The molecule has 5 N–H and O–H groups in total. The third-order valence-corrected chi connectivity index (χ3v) is 7.95. The number of fused-ring (bicyclic) bond motifs is 2. The highest BCUT2D eigenvalue weighted by molar-refractivity contribution is 5.68. The molecule has 3 aromatic carbocycles. The SMILES string of the molecule is C.CC(C)Oc1ccc2c(c1)[C@@H](N)CCO2.CC(C)Oc1ccc2c(c1)[C@@H](NC[C@@H](O)[C@H](Cc1cc(F)cc(F)c1)NC(=O)OC(C)(C)C)CCO2. The Bertz CT molecular complexity index is 1580. The van der Waals surface area contributed by atoms with E-state index in [0.29, 0.717) is 25.2 Å². The third-order valence-electron chi connectivity index (χ3n) is 7.95. The first kappa shape index (κ1) is 42.3. The Labute approximate surface area is 307 Å². The zero-order valence-corrected chi connectivity index (χ0v) is 30.6. The predicted octanol–water partition coefficient (Wildman–Crippen LogP) is 7.55. The number of nitrogens with one attached hydrogen (secondary N) is 2. The number of nitrogens with two attached hydrogens (primary N) is 1. The molecule has 2 aliphatic rings. The second kappa shape index (κ2) is 19.1. The highest BCUT2D eigenvalue weighted by Gasteiger charge is 2.28. The van der Waals surface area contributed by atoms with Gasteiger partial charge in [-0.25, -0.2) is 13.6 Å². The number of hydrogen-bond donors (Lipinski definition) is 4. The molecule has 3 aromatic rings. The number of alkyl carbamates (subject to hydrolysis) is 1. The Morgan fingerprint density at radius 1 is 0.885 bits per heavy atom. The van der Waals surface area contributed by atoms with Crippen molar-refractivity contribution in [3.8, 4) is 23.0 Å². The fraction of sp³-hybridized carbons (Fsp3) is 0.525. The van der Waals surface area contributed by atoms with E-state index >= 15 is 0 Å². The van der Waals surface area contributed by atoms with Crippen LogP contribution in [-0.2, 0) is 11.2 Å². The van der Waals surface area contributed by atoms with E-state index < -0.39 is 35.5 Å². The molecule has 0 bridgehead atoms. The van der Waals surface area contributed by atoms with Crippen molar-refractivity contribution >= 4 is 6.09 Å². The van der Waals surface area contributed by atoms with Gasteiger partial charge in [0.25, 0.3) is 0 Å². The molecule has 4 atom stereocenters. The lowest BCUT2D eigenvalue weighted by atomic mass is 9.98. The number of aliphatic hydroxyl groups is 1. The number of halogens is 2. The maximum Gasteiger partial charge on any atom is 0.407 e. The van der Waals surface area contributed by atoms with Crippen LogP contribution in [0, 0.1) is 11.6 Å². The second-order valence-corrected chi connectivity index (χ2v) is 14.4. The van der Waals surface area contributed by atoms with Gasteiger partial charge in [-0.2, -0.15) is 0 Å². The zero-order valence-electron chi connectivity index (χ0n) is 30.6. The van der Waals surface area contributed by atoms with Crippen LogP contribution in [0.1, 0.15) is 97.5 Å². The fourth-order valence-electron chi connectivity index (χ4n) is 5.80. The molecule has 12 heteroatoms. The molecule has 0 unspecified atom stereocenters. The van der Waals surface area contributed by atoms with Crippen LogP contribution in [0.3, 0.4) is 0 Å². The molecule has 0 radical (unpaired) electrons. The van der Waals surface area contributed by atoms with Crippen LogP contribution in [-0.4, -0.2) is 60.9 Å². The lowest BCUT2D eigenvalue weighted by Gasteiger charge is -2.31. The summed E-state index contributed by atoms with van der Waals surface area (Å²) < 4.78 is 55.6. The summed E-state index contributed by atoms with van der Waals surface area (Å²) in [6.45, 7) is 14.4. The molecule has 288 valence electrons. The van der Waals surface area contributed by atoms with E-state index in [9.17, 15) is 18.7 Å². The Morgan fingerprint density at radius 3 is 1.98 bits per heavy atom. The summed E-state index contributed by atoms with van der Waals surface area (Å²) >= 11 is 0. The van der Waals surface area contributed by atoms with Crippen LogP contribution >= 0.6 is 0 Å². The molecule has 10 nitrogen and oxygen atoms in total. The number of carbonyl (C=O) groups excluding carboxylic acids is 1. The largest absolute Gasteiger partial charge is 0.493 e. The van der Waals surface area contributed by atoms with Crippen molar-refractivity contribution in [1.82, 2.24) is 10.6 Å². The smallest absolute Gasteiger partial charge is 0.407 e. The van der Waals surface area contributed by atoms with Gasteiger partial charge in [-0.05, 0) is 109 Å². The van der Waals surface area contributed by atoms with Crippen LogP contribution in [0.2, 0.25) is 0 Å². The van der Waals surface area contributed by atoms with Gasteiger partial charge in [0.1, 0.15) is 40.2 Å². The van der Waals surface area contributed by atoms with Gasteiger partial charge in [0, 0.05) is 48.7 Å². The summed E-state index contributed by atoms with van der Waals surface area (Å²) in [4.78, 5) is 12.4. The molecule has 1 amide bonds. The zero-order chi connectivity index (χ0) is 37.3. The fourth-order valence-corrected chi connectivity index (χ4v) is 5.80. The van der Waals surface area contributed by atoms with E-state index in [1.807, 2.05) is 64.1 Å². The Kier molecular flexibility index (Phi) is 15.5. The van der Waals surface area contributed by atoms with Crippen molar-refractivity contribution < 1.29 is 42.4 Å². The van der Waals surface area contributed by atoms with E-state index in [0.717, 1.165) is 46.6 Å². The average molecular weight is 730 g/mol. The lowest BCUT2D eigenvalue weighted by Crippen LogP contribution is -2.50. The molecule has 2 aliphatic heterocycles. The minimum Gasteiger partial charge on any atom is -0.493 e. The molecule has 5 rings (SSSR count). The van der Waals surface area contributed by atoms with Gasteiger partial charge in [0.15, 0.2) is 0 Å². The standard InChI is InChI=1S/C27H36F2N2O5.C12H17NO2.CH4/c1-16(2)35-20-6-7-25-21(14-20)22(8-9-34-25)30-15-24(32)23(31-26(33)36-27(3,4)5)12-17-10-18(28)13-19(29)11-17;1-8(2)15-9-3-4-12-10(7-9)11(13)5-6-14-12;/h6-7,10-11,13-14,16,22-24,30,32H,8-9,12,15H2,1-5H3,(H,31,33);3-4,7-8,11H,5-6,13H2,1-2H3;1H4/t22-,23-,24+;11-;/m00./s1. The van der Waals surface area contributed by atoms with Crippen LogP contribution < -0.4 is 35.3 Å². The van der Waals surface area contributed by atoms with Crippen molar-refractivity contribution in [3.63, 3.8) is 0 Å². The highest BCUT2D eigenvalue weighted by atomic mass is 19.1. The number of carbonyl (C=O) groups is 1. The Morgan fingerprint density at radius 2 is 1.42 bits per heavy atom. The van der Waals surface area contributed by atoms with Gasteiger partial charge in [0.2, 0.25) is 0 Å². The first-order valence-electron chi connectivity index (χ1n) is 17.5. The first-order chi connectivity index (χ1) is 24.1. The van der Waals surface area contributed by atoms with E-state index in [1.165, 1.54) is 12.1 Å². The summed E-state index contributed by atoms with van der Waals surface area (Å²) in [6.07, 6.45) is -0.0482. The topological polar surface area (TPSA) is 134 Å². The minimum atomic E-state index is -1.08. The van der Waals surface area contributed by atoms with Gasteiger partial charge in [-0.1, -0.05) is 7.43 Å². The molecule has 0 fully saturated rings. The third kappa shape index (κ3) is 13.1. The highest BCUT2D eigenvalue weighted by Crippen LogP contribution is 2.36. The number of benzene rings is 3. The Balaban J connectivity index is 0.000000379. The predicted molar refractivity (Wildman–Crippen MR) is 198 cm³/mol. The summed E-state index contributed by atoms with van der Waals surface area (Å²) in [5, 5.41) is 17.0. The van der Waals surface area contributed by atoms with Crippen LogP contribution in [0.4, 0.5) is 13.6 Å². The number of amides is 1. The summed E-state index contributed by atoms with van der Waals surface area (Å²) in [5.41, 5.74) is 7.54. The number of aliphatic hydroxyl groups excluding tert-OH is 1. The Hall–Kier alpha value is -4.13. The maximum absolute atomic E-state index is 13.8. The minimum absolute atomic E-state index is 0. The van der Waals surface area contributed by atoms with Gasteiger partial charge in [-0.15, -0.1) is 0 Å². The molecule has 2 heterocycles. The molecule has 0 spiro atoms. The van der Waals surface area contributed by atoms with Gasteiger partial charge >= 0.3 is 6.09 Å². The van der Waals surface area contributed by atoms with E-state index in [2.05, 4.69) is 10.6 Å². The van der Waals surface area contributed by atoms with E-state index in [1.54, 1.807) is 20.8 Å².